The van der Waals surface area contributed by atoms with Crippen molar-refractivity contribution < 1.29 is 16.8 Å². The first-order valence-corrected chi connectivity index (χ1v) is 11.4. The summed E-state index contributed by atoms with van der Waals surface area (Å²) in [5, 5.41) is 0. The average molecular weight is 373 g/mol. The second-order valence-corrected chi connectivity index (χ2v) is 9.76. The van der Waals surface area contributed by atoms with Crippen molar-refractivity contribution in [2.24, 2.45) is 0 Å². The lowest BCUT2D eigenvalue weighted by Crippen LogP contribution is -2.14. The van der Waals surface area contributed by atoms with Gasteiger partial charge < -0.3 is 0 Å². The van der Waals surface area contributed by atoms with Gasteiger partial charge in [0.05, 0.1) is 11.5 Å². The van der Waals surface area contributed by atoms with Crippen LogP contribution in [0.15, 0.2) is 18.7 Å². The number of hydrogen-bond acceptors (Lipinski definition) is 5. The molecule has 1 heterocycles. The van der Waals surface area contributed by atoms with E-state index in [9.17, 15) is 16.8 Å². The molecule has 9 heteroatoms. The van der Waals surface area contributed by atoms with Gasteiger partial charge in [-0.2, -0.15) is 0 Å². The number of aromatic nitrogens is 2. The third-order valence-corrected chi connectivity index (χ3v) is 5.70. The number of unbranched alkanes of at least 4 members (excludes halogenated alkanes) is 4. The van der Waals surface area contributed by atoms with Crippen LogP contribution in [0.5, 0.6) is 0 Å². The Labute approximate surface area is 138 Å². The van der Waals surface area contributed by atoms with Gasteiger partial charge in [-0.15, -0.1) is 0 Å². The fourth-order valence-corrected chi connectivity index (χ4v) is 3.67. The maximum absolute atomic E-state index is 11.5. The molecule has 1 rings (SSSR count). The zero-order valence-electron chi connectivity index (χ0n) is 13.1. The summed E-state index contributed by atoms with van der Waals surface area (Å²) < 4.78 is 44.7. The van der Waals surface area contributed by atoms with E-state index in [1.807, 2.05) is 13.8 Å². The minimum atomic E-state index is -3.22. The minimum Gasteiger partial charge on any atom is -0.244 e. The van der Waals surface area contributed by atoms with Crippen molar-refractivity contribution in [3.63, 3.8) is 0 Å². The largest absolute Gasteiger partial charge is 0.244 e. The molecule has 0 bridgehead atoms. The predicted molar refractivity (Wildman–Crippen MR) is 90.1 cm³/mol. The molecule has 22 heavy (non-hydrogen) atoms. The van der Waals surface area contributed by atoms with Gasteiger partial charge in [0.15, 0.2) is 0 Å². The summed E-state index contributed by atoms with van der Waals surface area (Å²) in [6.07, 6.45) is 9.59. The molecule has 0 amide bonds. The predicted octanol–water partition coefficient (Wildman–Crippen LogP) is 3.00. The summed E-state index contributed by atoms with van der Waals surface area (Å²) >= 11 is 0. The SMILES string of the molecule is CCCCCS(=O)(=O)Cl.CCCCCS(=O)(=O)n1ccnc1. The first-order valence-electron chi connectivity index (χ1n) is 7.36. The second-order valence-electron chi connectivity index (χ2n) is 4.87. The number of rotatable bonds is 9. The van der Waals surface area contributed by atoms with E-state index in [-0.39, 0.29) is 11.5 Å². The first kappa shape index (κ1) is 21.4. The highest BCUT2D eigenvalue weighted by Crippen LogP contribution is 2.03. The van der Waals surface area contributed by atoms with Gasteiger partial charge in [-0.1, -0.05) is 39.5 Å². The molecular formula is C13H25ClN2O4S2. The average Bonchev–Trinajstić information content (AvgIpc) is 2.93. The Morgan fingerprint density at radius 1 is 0.955 bits per heavy atom. The van der Waals surface area contributed by atoms with Gasteiger partial charge in [0, 0.05) is 23.1 Å². The van der Waals surface area contributed by atoms with Crippen LogP contribution in [0.1, 0.15) is 52.4 Å². The van der Waals surface area contributed by atoms with E-state index in [4.69, 9.17) is 10.7 Å². The Morgan fingerprint density at radius 3 is 1.91 bits per heavy atom. The van der Waals surface area contributed by atoms with Crippen LogP contribution in [0.4, 0.5) is 0 Å². The highest BCUT2D eigenvalue weighted by molar-refractivity contribution is 8.13. The Balaban J connectivity index is 0.000000433. The number of halogens is 1. The van der Waals surface area contributed by atoms with Crippen molar-refractivity contribution in [3.05, 3.63) is 18.7 Å². The molecule has 0 saturated carbocycles. The molecule has 130 valence electrons. The summed E-state index contributed by atoms with van der Waals surface area (Å²) in [4.78, 5) is 3.70. The van der Waals surface area contributed by atoms with Gasteiger partial charge in [-0.25, -0.2) is 25.8 Å². The maximum Gasteiger partial charge on any atom is 0.239 e. The quantitative estimate of drug-likeness (QED) is 0.491. The fraction of sp³-hybridized carbons (Fsp3) is 0.769. The van der Waals surface area contributed by atoms with Gasteiger partial charge in [0.2, 0.25) is 19.1 Å². The van der Waals surface area contributed by atoms with Crippen LogP contribution >= 0.6 is 10.7 Å². The van der Waals surface area contributed by atoms with E-state index in [1.54, 1.807) is 0 Å². The van der Waals surface area contributed by atoms with Crippen molar-refractivity contribution >= 4 is 29.8 Å². The third-order valence-electron chi connectivity index (χ3n) is 2.80. The Morgan fingerprint density at radius 2 is 1.50 bits per heavy atom. The molecule has 0 saturated heterocycles. The van der Waals surface area contributed by atoms with Crippen LogP contribution in [0.25, 0.3) is 0 Å². The highest BCUT2D eigenvalue weighted by atomic mass is 35.7. The van der Waals surface area contributed by atoms with Crippen LogP contribution in [-0.4, -0.2) is 37.3 Å². The van der Waals surface area contributed by atoms with Gasteiger partial charge in [0.25, 0.3) is 0 Å². The lowest BCUT2D eigenvalue weighted by Gasteiger charge is -2.03. The fourth-order valence-electron chi connectivity index (χ4n) is 1.58. The van der Waals surface area contributed by atoms with E-state index >= 15 is 0 Å². The molecule has 6 nitrogen and oxygen atoms in total. The number of imidazole rings is 1. The molecule has 0 fully saturated rings. The normalized spacial score (nSPS) is 11.8. The van der Waals surface area contributed by atoms with Crippen LogP contribution in [0.3, 0.4) is 0 Å². The van der Waals surface area contributed by atoms with E-state index in [0.29, 0.717) is 6.42 Å². The Kier molecular flexibility index (Phi) is 10.7. The van der Waals surface area contributed by atoms with Crippen molar-refractivity contribution in [3.8, 4) is 0 Å². The van der Waals surface area contributed by atoms with Gasteiger partial charge in [-0.3, -0.25) is 0 Å². The van der Waals surface area contributed by atoms with Crippen molar-refractivity contribution in [1.29, 1.82) is 0 Å². The molecule has 0 aliphatic heterocycles. The van der Waals surface area contributed by atoms with Crippen LogP contribution in [0.2, 0.25) is 0 Å². The zero-order valence-corrected chi connectivity index (χ0v) is 15.5. The highest BCUT2D eigenvalue weighted by Gasteiger charge is 2.10. The molecule has 0 unspecified atom stereocenters. The molecule has 1 aromatic heterocycles. The van der Waals surface area contributed by atoms with E-state index in [1.165, 1.54) is 22.7 Å². The van der Waals surface area contributed by atoms with Crippen molar-refractivity contribution in [1.82, 2.24) is 8.96 Å². The van der Waals surface area contributed by atoms with Gasteiger partial charge in [-0.05, 0) is 12.8 Å². The molecule has 1 aromatic rings. The lowest BCUT2D eigenvalue weighted by atomic mass is 10.3. The van der Waals surface area contributed by atoms with Crippen molar-refractivity contribution in [2.45, 2.75) is 52.4 Å². The molecule has 0 aliphatic carbocycles. The Bertz CT molecular complexity index is 584. The Hall–Kier alpha value is -0.600. The molecule has 0 aromatic carbocycles. The first-order chi connectivity index (χ1) is 10.2. The van der Waals surface area contributed by atoms with Crippen LogP contribution in [-0.2, 0) is 19.1 Å². The topological polar surface area (TPSA) is 86.1 Å². The standard InChI is InChI=1S/C8H14N2O2S.C5H11ClO2S/c1-2-3-4-7-13(11,12)10-6-5-9-8-10;1-2-3-4-5-9(6,7)8/h5-6,8H,2-4,7H2,1H3;2-5H2,1H3. The molecule has 0 N–H and O–H groups in total. The second kappa shape index (κ2) is 11.0. The summed E-state index contributed by atoms with van der Waals surface area (Å²) in [6.45, 7) is 4.06. The monoisotopic (exact) mass is 372 g/mol. The summed E-state index contributed by atoms with van der Waals surface area (Å²) in [5.41, 5.74) is 0. The van der Waals surface area contributed by atoms with Crippen molar-refractivity contribution in [2.75, 3.05) is 11.5 Å². The molecule has 0 atom stereocenters. The smallest absolute Gasteiger partial charge is 0.239 e. The maximum atomic E-state index is 11.5. The molecule has 0 radical (unpaired) electrons. The molecule has 0 aliphatic rings. The summed E-state index contributed by atoms with van der Waals surface area (Å²) in [7, 11) is -1.42. The third kappa shape index (κ3) is 11.0. The van der Waals surface area contributed by atoms with E-state index in [2.05, 4.69) is 4.98 Å². The zero-order chi connectivity index (χ0) is 17.1. The van der Waals surface area contributed by atoms with Gasteiger partial charge >= 0.3 is 0 Å². The summed E-state index contributed by atoms with van der Waals surface area (Å²) in [5.74, 6) is 0.319. The van der Waals surface area contributed by atoms with E-state index < -0.39 is 19.1 Å². The number of hydrogen-bond donors (Lipinski definition) is 0. The molecule has 0 spiro atoms. The van der Waals surface area contributed by atoms with Crippen LogP contribution in [0, 0.1) is 0 Å². The molecular weight excluding hydrogens is 348 g/mol. The van der Waals surface area contributed by atoms with E-state index in [0.717, 1.165) is 32.1 Å². The summed E-state index contributed by atoms with van der Waals surface area (Å²) in [6, 6.07) is 0. The van der Waals surface area contributed by atoms with Crippen LogP contribution < -0.4 is 0 Å². The lowest BCUT2D eigenvalue weighted by molar-refractivity contribution is 0.582. The minimum absolute atomic E-state index is 0.113. The van der Waals surface area contributed by atoms with Gasteiger partial charge in [0.1, 0.15) is 6.33 Å². The number of nitrogens with zero attached hydrogens (tertiary/aromatic N) is 2.